The monoisotopic (exact) mass is 480 g/mol. The second kappa shape index (κ2) is 12.7. The van der Waals surface area contributed by atoms with Crippen LogP contribution < -0.4 is 21.3 Å². The van der Waals surface area contributed by atoms with Crippen LogP contribution in [0.15, 0.2) is 48.5 Å². The summed E-state index contributed by atoms with van der Waals surface area (Å²) in [6.45, 7) is 7.09. The molecule has 0 bridgehead atoms. The van der Waals surface area contributed by atoms with Gasteiger partial charge < -0.3 is 21.3 Å². The third kappa shape index (κ3) is 7.66. The van der Waals surface area contributed by atoms with Gasteiger partial charge in [-0.25, -0.2) is 4.98 Å². The Morgan fingerprint density at radius 3 is 2.36 bits per heavy atom. The fourth-order valence-electron chi connectivity index (χ4n) is 3.56. The van der Waals surface area contributed by atoms with Crippen LogP contribution in [0.3, 0.4) is 0 Å². The maximum absolute atomic E-state index is 11.1. The molecule has 0 saturated heterocycles. The molecule has 1 amide bonds. The summed E-state index contributed by atoms with van der Waals surface area (Å²) in [6.07, 6.45) is 3.23. The number of benzene rings is 2. The minimum atomic E-state index is -0.0703. The highest BCUT2D eigenvalue weighted by Crippen LogP contribution is 2.27. The van der Waals surface area contributed by atoms with E-state index in [1.165, 1.54) is 13.0 Å². The molecular formula is C27H28N8O. The first kappa shape index (κ1) is 25.9. The van der Waals surface area contributed by atoms with Crippen molar-refractivity contribution in [1.29, 1.82) is 10.5 Å². The number of aromatic nitrogens is 2. The number of rotatable bonds is 10. The van der Waals surface area contributed by atoms with Crippen LogP contribution in [-0.4, -0.2) is 29.0 Å². The maximum atomic E-state index is 11.1. The van der Waals surface area contributed by atoms with Crippen LogP contribution in [0.2, 0.25) is 0 Å². The topological polar surface area (TPSA) is 139 Å². The SMILES string of the molecule is CC(=O)NCCNCc1cc(Nc2c(C)cc(/C=C/C#N)cc2C)nc(Nc2ccc(C#N)cc2)n1. The van der Waals surface area contributed by atoms with E-state index >= 15 is 0 Å². The molecule has 0 atom stereocenters. The lowest BCUT2D eigenvalue weighted by molar-refractivity contribution is -0.118. The Bertz CT molecular complexity index is 1310. The van der Waals surface area contributed by atoms with Crippen LogP contribution >= 0.6 is 0 Å². The van der Waals surface area contributed by atoms with Gasteiger partial charge in [0.1, 0.15) is 5.82 Å². The molecule has 0 aliphatic rings. The number of carbonyl (C=O) groups excluding carboxylic acids is 1. The van der Waals surface area contributed by atoms with Gasteiger partial charge in [-0.2, -0.15) is 15.5 Å². The lowest BCUT2D eigenvalue weighted by Gasteiger charge is -2.16. The minimum absolute atomic E-state index is 0.0703. The molecule has 0 unspecified atom stereocenters. The minimum Gasteiger partial charge on any atom is -0.355 e. The van der Waals surface area contributed by atoms with Crippen LogP contribution in [0.5, 0.6) is 0 Å². The van der Waals surface area contributed by atoms with Gasteiger partial charge in [-0.3, -0.25) is 4.79 Å². The Morgan fingerprint density at radius 2 is 1.72 bits per heavy atom. The van der Waals surface area contributed by atoms with Crippen molar-refractivity contribution in [2.45, 2.75) is 27.3 Å². The van der Waals surface area contributed by atoms with E-state index in [0.717, 1.165) is 33.8 Å². The molecule has 0 spiro atoms. The summed E-state index contributed by atoms with van der Waals surface area (Å²) in [6, 6.07) is 17.1. The largest absolute Gasteiger partial charge is 0.355 e. The van der Waals surface area contributed by atoms with Crippen molar-refractivity contribution in [3.63, 3.8) is 0 Å². The summed E-state index contributed by atoms with van der Waals surface area (Å²) >= 11 is 0. The molecule has 9 heteroatoms. The van der Waals surface area contributed by atoms with Crippen LogP contribution in [0.1, 0.15) is 34.9 Å². The Labute approximate surface area is 210 Å². The molecule has 0 aliphatic carbocycles. The summed E-state index contributed by atoms with van der Waals surface area (Å²) in [4.78, 5) is 20.3. The fourth-order valence-corrected chi connectivity index (χ4v) is 3.56. The van der Waals surface area contributed by atoms with Gasteiger partial charge in [0.2, 0.25) is 11.9 Å². The smallest absolute Gasteiger partial charge is 0.229 e. The average Bonchev–Trinajstić information content (AvgIpc) is 2.85. The second-order valence-electron chi connectivity index (χ2n) is 8.16. The standard InChI is InChI=1S/C27H28N8O/c1-18-13-22(5-4-10-28)14-19(2)26(18)34-25-15-24(17-30-11-12-31-20(3)36)33-27(35-25)32-23-8-6-21(16-29)7-9-23/h4-9,13-15,30H,11-12,17H2,1-3H3,(H,31,36)(H2,32,33,34,35)/b5-4+. The molecule has 0 fully saturated rings. The van der Waals surface area contributed by atoms with Crippen molar-refractivity contribution in [2.24, 2.45) is 0 Å². The normalized spacial score (nSPS) is 10.5. The average molecular weight is 481 g/mol. The Balaban J connectivity index is 1.85. The number of allylic oxidation sites excluding steroid dienone is 1. The number of anilines is 4. The molecule has 36 heavy (non-hydrogen) atoms. The molecule has 9 nitrogen and oxygen atoms in total. The molecule has 2 aromatic carbocycles. The van der Waals surface area contributed by atoms with Gasteiger partial charge >= 0.3 is 0 Å². The lowest BCUT2D eigenvalue weighted by Crippen LogP contribution is -2.30. The molecule has 182 valence electrons. The number of aryl methyl sites for hydroxylation is 2. The predicted octanol–water partition coefficient (Wildman–Crippen LogP) is 4.21. The molecule has 1 aromatic heterocycles. The van der Waals surface area contributed by atoms with Crippen molar-refractivity contribution in [2.75, 3.05) is 23.7 Å². The molecule has 3 aromatic rings. The van der Waals surface area contributed by atoms with Crippen LogP contribution in [0.25, 0.3) is 6.08 Å². The first-order valence-corrected chi connectivity index (χ1v) is 11.4. The van der Waals surface area contributed by atoms with E-state index in [-0.39, 0.29) is 5.91 Å². The Morgan fingerprint density at radius 1 is 1.00 bits per heavy atom. The highest BCUT2D eigenvalue weighted by molar-refractivity contribution is 5.72. The molecule has 0 radical (unpaired) electrons. The summed E-state index contributed by atoms with van der Waals surface area (Å²) in [5.41, 5.74) is 6.00. The molecule has 3 rings (SSSR count). The second-order valence-corrected chi connectivity index (χ2v) is 8.16. The van der Waals surface area contributed by atoms with Gasteiger partial charge in [-0.1, -0.05) is 0 Å². The van der Waals surface area contributed by atoms with Crippen LogP contribution in [0.4, 0.5) is 23.1 Å². The lowest BCUT2D eigenvalue weighted by atomic mass is 10.0. The van der Waals surface area contributed by atoms with E-state index in [4.69, 9.17) is 10.5 Å². The van der Waals surface area contributed by atoms with Crippen LogP contribution in [0, 0.1) is 36.5 Å². The highest BCUT2D eigenvalue weighted by Gasteiger charge is 2.10. The van der Waals surface area contributed by atoms with E-state index in [9.17, 15) is 4.79 Å². The number of nitriles is 2. The number of hydrogen-bond acceptors (Lipinski definition) is 8. The summed E-state index contributed by atoms with van der Waals surface area (Å²) in [5, 5.41) is 30.5. The number of hydrogen-bond donors (Lipinski definition) is 4. The first-order valence-electron chi connectivity index (χ1n) is 11.4. The van der Waals surface area contributed by atoms with Gasteiger partial charge in [0, 0.05) is 50.1 Å². The molecule has 1 heterocycles. The summed E-state index contributed by atoms with van der Waals surface area (Å²) in [5.74, 6) is 0.956. The fraction of sp³-hybridized carbons (Fsp3) is 0.222. The Kier molecular flexibility index (Phi) is 9.10. The molecule has 0 aliphatic heterocycles. The third-order valence-corrected chi connectivity index (χ3v) is 5.19. The van der Waals surface area contributed by atoms with E-state index in [2.05, 4.69) is 37.3 Å². The van der Waals surface area contributed by atoms with E-state index in [0.29, 0.717) is 37.0 Å². The maximum Gasteiger partial charge on any atom is 0.229 e. The first-order chi connectivity index (χ1) is 17.4. The summed E-state index contributed by atoms with van der Waals surface area (Å²) < 4.78 is 0. The molecule has 4 N–H and O–H groups in total. The number of amides is 1. The molecular weight excluding hydrogens is 452 g/mol. The van der Waals surface area contributed by atoms with Crippen molar-refractivity contribution in [3.8, 4) is 12.1 Å². The third-order valence-electron chi connectivity index (χ3n) is 5.19. The van der Waals surface area contributed by atoms with Crippen molar-refractivity contribution >= 4 is 35.1 Å². The Hall–Kier alpha value is -4.73. The zero-order valence-electron chi connectivity index (χ0n) is 20.5. The predicted molar refractivity (Wildman–Crippen MR) is 141 cm³/mol. The number of carbonyl (C=O) groups is 1. The van der Waals surface area contributed by atoms with Crippen LogP contribution in [-0.2, 0) is 11.3 Å². The van der Waals surface area contributed by atoms with E-state index in [1.807, 2.05) is 38.1 Å². The van der Waals surface area contributed by atoms with Crippen molar-refractivity contribution in [1.82, 2.24) is 20.6 Å². The van der Waals surface area contributed by atoms with Gasteiger partial charge in [-0.15, -0.1) is 0 Å². The summed E-state index contributed by atoms with van der Waals surface area (Å²) in [7, 11) is 0. The zero-order chi connectivity index (χ0) is 25.9. The van der Waals surface area contributed by atoms with Crippen molar-refractivity contribution < 1.29 is 4.79 Å². The van der Waals surface area contributed by atoms with Gasteiger partial charge in [0.15, 0.2) is 0 Å². The van der Waals surface area contributed by atoms with Gasteiger partial charge in [0.05, 0.1) is 23.4 Å². The number of nitrogens with one attached hydrogen (secondary N) is 4. The quantitative estimate of drug-likeness (QED) is 0.250. The van der Waals surface area contributed by atoms with Gasteiger partial charge in [0.25, 0.3) is 0 Å². The number of nitrogens with zero attached hydrogens (tertiary/aromatic N) is 4. The highest BCUT2D eigenvalue weighted by atomic mass is 16.1. The molecule has 0 saturated carbocycles. The van der Waals surface area contributed by atoms with Gasteiger partial charge in [-0.05, 0) is 73.0 Å². The zero-order valence-corrected chi connectivity index (χ0v) is 20.5. The van der Waals surface area contributed by atoms with E-state index in [1.54, 1.807) is 30.3 Å². The van der Waals surface area contributed by atoms with Crippen molar-refractivity contribution in [3.05, 3.63) is 76.5 Å². The van der Waals surface area contributed by atoms with E-state index < -0.39 is 0 Å².